The van der Waals surface area contributed by atoms with Crippen molar-refractivity contribution < 1.29 is 14.5 Å². The number of benzene rings is 2. The minimum atomic E-state index is -0.514. The molecule has 2 rings (SSSR count). The fourth-order valence-corrected chi connectivity index (χ4v) is 2.64. The molecule has 7 heteroatoms. The fraction of sp³-hybridized carbons (Fsp3) is 0.133. The number of hydrogen-bond donors (Lipinski definition) is 1. The van der Waals surface area contributed by atoms with Crippen LogP contribution in [0.5, 0.6) is 5.75 Å². The lowest BCUT2D eigenvalue weighted by Gasteiger charge is -2.12. The lowest BCUT2D eigenvalue weighted by atomic mass is 10.1. The number of nitrogens with zero attached hydrogens (tertiary/aromatic N) is 1. The first-order valence-corrected chi connectivity index (χ1v) is 7.11. The Morgan fingerprint density at radius 3 is 2.68 bits per heavy atom. The molecule has 0 fully saturated rings. The van der Waals surface area contributed by atoms with Gasteiger partial charge in [-0.3, -0.25) is 14.9 Å². The van der Waals surface area contributed by atoms with Gasteiger partial charge in [0.2, 0.25) is 0 Å². The van der Waals surface area contributed by atoms with E-state index in [9.17, 15) is 14.9 Å². The van der Waals surface area contributed by atoms with E-state index in [-0.39, 0.29) is 5.69 Å². The Labute approximate surface area is 135 Å². The van der Waals surface area contributed by atoms with Gasteiger partial charge in [-0.25, -0.2) is 0 Å². The molecule has 0 saturated heterocycles. The van der Waals surface area contributed by atoms with Crippen LogP contribution in [-0.2, 0) is 0 Å². The maximum absolute atomic E-state index is 12.4. The number of hydrogen-bond acceptors (Lipinski definition) is 4. The molecular weight excluding hydrogens is 352 g/mol. The van der Waals surface area contributed by atoms with Gasteiger partial charge in [-0.15, -0.1) is 0 Å². The second-order valence-corrected chi connectivity index (χ2v) is 5.48. The predicted octanol–water partition coefficient (Wildman–Crippen LogP) is 3.93. The van der Waals surface area contributed by atoms with Crippen molar-refractivity contribution in [2.75, 3.05) is 12.4 Å². The second-order valence-electron chi connectivity index (χ2n) is 4.57. The van der Waals surface area contributed by atoms with Crippen LogP contribution in [0.1, 0.15) is 15.9 Å². The van der Waals surface area contributed by atoms with Crippen LogP contribution in [0.4, 0.5) is 11.4 Å². The zero-order valence-electron chi connectivity index (χ0n) is 11.9. The summed E-state index contributed by atoms with van der Waals surface area (Å²) in [7, 11) is 1.49. The Morgan fingerprint density at radius 1 is 1.32 bits per heavy atom. The first-order valence-electron chi connectivity index (χ1n) is 6.32. The van der Waals surface area contributed by atoms with Crippen molar-refractivity contribution >= 4 is 33.2 Å². The summed E-state index contributed by atoms with van der Waals surface area (Å²) in [6.45, 7) is 1.83. The molecule has 1 amide bonds. The molecule has 22 heavy (non-hydrogen) atoms. The maximum Gasteiger partial charge on any atom is 0.271 e. The fourth-order valence-electron chi connectivity index (χ4n) is 2.07. The number of nitro benzene ring substituents is 1. The number of anilines is 1. The Bertz CT molecular complexity index is 746. The third kappa shape index (κ3) is 3.43. The van der Waals surface area contributed by atoms with Crippen molar-refractivity contribution in [3.05, 3.63) is 62.1 Å². The van der Waals surface area contributed by atoms with Gasteiger partial charge in [0, 0.05) is 22.3 Å². The van der Waals surface area contributed by atoms with Gasteiger partial charge in [0.15, 0.2) is 0 Å². The van der Waals surface area contributed by atoms with Gasteiger partial charge in [0.05, 0.1) is 17.6 Å². The SMILES string of the molecule is COc1c(C)cc(Br)cc1C(=O)Nc1cccc([N+](=O)[O-])c1. The monoisotopic (exact) mass is 364 g/mol. The van der Waals surface area contributed by atoms with E-state index in [1.165, 1.54) is 25.3 Å². The lowest BCUT2D eigenvalue weighted by molar-refractivity contribution is -0.384. The zero-order valence-corrected chi connectivity index (χ0v) is 13.5. The van der Waals surface area contributed by atoms with Gasteiger partial charge in [-0.05, 0) is 30.7 Å². The maximum atomic E-state index is 12.4. The minimum Gasteiger partial charge on any atom is -0.496 e. The Morgan fingerprint density at radius 2 is 2.05 bits per heavy atom. The van der Waals surface area contributed by atoms with E-state index in [0.717, 1.165) is 10.0 Å². The number of nitro groups is 1. The summed E-state index contributed by atoms with van der Waals surface area (Å²) >= 11 is 3.34. The highest BCUT2D eigenvalue weighted by molar-refractivity contribution is 9.10. The van der Waals surface area contributed by atoms with Crippen LogP contribution in [0.3, 0.4) is 0 Å². The van der Waals surface area contributed by atoms with Crippen molar-refractivity contribution in [3.63, 3.8) is 0 Å². The normalized spacial score (nSPS) is 10.1. The molecule has 114 valence electrons. The quantitative estimate of drug-likeness (QED) is 0.658. The van der Waals surface area contributed by atoms with Crippen LogP contribution in [-0.4, -0.2) is 17.9 Å². The van der Waals surface area contributed by atoms with Gasteiger partial charge in [0.25, 0.3) is 11.6 Å². The highest BCUT2D eigenvalue weighted by atomic mass is 79.9. The Balaban J connectivity index is 2.34. The van der Waals surface area contributed by atoms with E-state index >= 15 is 0 Å². The molecule has 0 bridgehead atoms. The molecule has 6 nitrogen and oxygen atoms in total. The first kappa shape index (κ1) is 16.0. The number of carbonyl (C=O) groups excluding carboxylic acids is 1. The number of amides is 1. The first-order chi connectivity index (χ1) is 10.4. The summed E-state index contributed by atoms with van der Waals surface area (Å²) in [6.07, 6.45) is 0. The van der Waals surface area contributed by atoms with Gasteiger partial charge >= 0.3 is 0 Å². The summed E-state index contributed by atoms with van der Waals surface area (Å²) < 4.78 is 6.01. The second kappa shape index (κ2) is 6.57. The summed E-state index contributed by atoms with van der Waals surface area (Å²) in [6, 6.07) is 9.23. The van der Waals surface area contributed by atoms with Crippen LogP contribution in [0.15, 0.2) is 40.9 Å². The molecule has 1 N–H and O–H groups in total. The average Bonchev–Trinajstić information content (AvgIpc) is 2.46. The molecule has 0 saturated carbocycles. The molecule has 0 aliphatic heterocycles. The summed E-state index contributed by atoms with van der Waals surface area (Å²) in [5.74, 6) is 0.0629. The summed E-state index contributed by atoms with van der Waals surface area (Å²) in [5, 5.41) is 13.4. The van der Waals surface area contributed by atoms with Crippen LogP contribution in [0, 0.1) is 17.0 Å². The van der Waals surface area contributed by atoms with Crippen LogP contribution in [0.25, 0.3) is 0 Å². The number of aryl methyl sites for hydroxylation is 1. The van der Waals surface area contributed by atoms with E-state index in [1.807, 2.05) is 13.0 Å². The van der Waals surface area contributed by atoms with Gasteiger partial charge < -0.3 is 10.1 Å². The van der Waals surface area contributed by atoms with Crippen molar-refractivity contribution in [3.8, 4) is 5.75 Å². The molecule has 0 unspecified atom stereocenters. The summed E-state index contributed by atoms with van der Waals surface area (Å²) in [4.78, 5) is 22.6. The zero-order chi connectivity index (χ0) is 16.3. The Kier molecular flexibility index (Phi) is 4.77. The molecule has 2 aromatic rings. The number of ether oxygens (including phenoxy) is 1. The van der Waals surface area contributed by atoms with Gasteiger partial charge in [0.1, 0.15) is 5.75 Å². The lowest BCUT2D eigenvalue weighted by Crippen LogP contribution is -2.14. The number of nitrogens with one attached hydrogen (secondary N) is 1. The highest BCUT2D eigenvalue weighted by Crippen LogP contribution is 2.28. The summed E-state index contributed by atoms with van der Waals surface area (Å²) in [5.41, 5.74) is 1.41. The predicted molar refractivity (Wildman–Crippen MR) is 86.5 cm³/mol. The van der Waals surface area contributed by atoms with Crippen molar-refractivity contribution in [2.24, 2.45) is 0 Å². The molecule has 2 aromatic carbocycles. The van der Waals surface area contributed by atoms with Crippen LogP contribution < -0.4 is 10.1 Å². The standard InChI is InChI=1S/C15H13BrN2O4/c1-9-6-10(16)7-13(14(9)22-2)15(19)17-11-4-3-5-12(8-11)18(20)21/h3-8H,1-2H3,(H,17,19). The number of rotatable bonds is 4. The van der Waals surface area contributed by atoms with E-state index < -0.39 is 10.8 Å². The highest BCUT2D eigenvalue weighted by Gasteiger charge is 2.16. The van der Waals surface area contributed by atoms with E-state index in [4.69, 9.17) is 4.74 Å². The third-order valence-corrected chi connectivity index (χ3v) is 3.46. The van der Waals surface area contributed by atoms with Crippen LogP contribution in [0.2, 0.25) is 0 Å². The third-order valence-electron chi connectivity index (χ3n) is 3.00. The smallest absolute Gasteiger partial charge is 0.271 e. The minimum absolute atomic E-state index is 0.0878. The molecule has 0 radical (unpaired) electrons. The van der Waals surface area contributed by atoms with Crippen molar-refractivity contribution in [1.29, 1.82) is 0 Å². The van der Waals surface area contributed by atoms with E-state index in [0.29, 0.717) is 17.0 Å². The average molecular weight is 365 g/mol. The van der Waals surface area contributed by atoms with Gasteiger partial charge in [-0.2, -0.15) is 0 Å². The van der Waals surface area contributed by atoms with E-state index in [2.05, 4.69) is 21.2 Å². The number of non-ortho nitro benzene ring substituents is 1. The van der Waals surface area contributed by atoms with E-state index in [1.54, 1.807) is 12.1 Å². The Hall–Kier alpha value is -2.41. The number of halogens is 1. The van der Waals surface area contributed by atoms with Crippen LogP contribution >= 0.6 is 15.9 Å². The topological polar surface area (TPSA) is 81.5 Å². The van der Waals surface area contributed by atoms with Crippen molar-refractivity contribution in [1.82, 2.24) is 0 Å². The number of carbonyl (C=O) groups is 1. The molecule has 0 spiro atoms. The number of methoxy groups -OCH3 is 1. The van der Waals surface area contributed by atoms with Crippen molar-refractivity contribution in [2.45, 2.75) is 6.92 Å². The molecule has 0 aliphatic carbocycles. The molecule has 0 aromatic heterocycles. The largest absolute Gasteiger partial charge is 0.496 e. The van der Waals surface area contributed by atoms with Gasteiger partial charge in [-0.1, -0.05) is 22.0 Å². The molecule has 0 heterocycles. The molecule has 0 atom stereocenters. The molecular formula is C15H13BrN2O4. The molecule has 0 aliphatic rings.